The van der Waals surface area contributed by atoms with E-state index in [0.717, 1.165) is 16.9 Å². The topological polar surface area (TPSA) is 84.2 Å². The fraction of sp³-hybridized carbons (Fsp3) is 0.353. The van der Waals surface area contributed by atoms with Crippen LogP contribution in [0.25, 0.3) is 5.69 Å². The maximum Gasteiger partial charge on any atom is 0.435 e. The summed E-state index contributed by atoms with van der Waals surface area (Å²) in [5.74, 6) is -1.71. The minimum absolute atomic E-state index is 0.0626. The first-order valence-corrected chi connectivity index (χ1v) is 7.85. The quantitative estimate of drug-likeness (QED) is 0.819. The first-order chi connectivity index (χ1) is 12.1. The van der Waals surface area contributed by atoms with Gasteiger partial charge in [0.1, 0.15) is 6.04 Å². The molecule has 0 saturated heterocycles. The number of carbonyl (C=O) groups excluding carboxylic acids is 1. The maximum atomic E-state index is 12.7. The zero-order valence-electron chi connectivity index (χ0n) is 14.1. The second-order valence-electron chi connectivity index (χ2n) is 6.19. The summed E-state index contributed by atoms with van der Waals surface area (Å²) in [4.78, 5) is 23.6. The van der Waals surface area contributed by atoms with Gasteiger partial charge >= 0.3 is 12.1 Å². The van der Waals surface area contributed by atoms with E-state index >= 15 is 0 Å². The largest absolute Gasteiger partial charge is 0.480 e. The van der Waals surface area contributed by atoms with Crippen LogP contribution < -0.4 is 5.32 Å². The average Bonchev–Trinajstić information content (AvgIpc) is 3.04. The maximum absolute atomic E-state index is 12.7. The first kappa shape index (κ1) is 19.5. The summed E-state index contributed by atoms with van der Waals surface area (Å²) < 4.78 is 39.0. The normalized spacial score (nSPS) is 12.8. The molecule has 0 fully saturated rings. The van der Waals surface area contributed by atoms with Crippen molar-refractivity contribution in [2.24, 2.45) is 5.92 Å². The molecule has 1 amide bonds. The Hall–Kier alpha value is -2.84. The van der Waals surface area contributed by atoms with E-state index in [0.29, 0.717) is 0 Å². The number of halogens is 3. The van der Waals surface area contributed by atoms with Crippen LogP contribution in [-0.2, 0) is 11.0 Å². The molecule has 2 rings (SSSR count). The number of alkyl halides is 3. The molecular weight excluding hydrogens is 351 g/mol. The SMILES string of the molecule is CC(C)C[C@@H](NC(=O)c1cccc(-n2ccc(C(F)(F)F)n2)c1)C(=O)O. The number of aliphatic carboxylic acids is 1. The summed E-state index contributed by atoms with van der Waals surface area (Å²) in [6.07, 6.45) is -3.17. The number of nitrogens with one attached hydrogen (secondary N) is 1. The molecule has 140 valence electrons. The third-order valence-corrected chi connectivity index (χ3v) is 3.56. The van der Waals surface area contributed by atoms with Crippen molar-refractivity contribution in [1.29, 1.82) is 0 Å². The highest BCUT2D eigenvalue weighted by molar-refractivity contribution is 5.97. The van der Waals surface area contributed by atoms with Gasteiger partial charge in [-0.05, 0) is 36.6 Å². The predicted octanol–water partition coefficient (Wildman–Crippen LogP) is 3.12. The number of rotatable bonds is 6. The van der Waals surface area contributed by atoms with Crippen molar-refractivity contribution in [2.75, 3.05) is 0 Å². The number of aromatic nitrogens is 2. The Labute approximate surface area is 147 Å². The molecule has 26 heavy (non-hydrogen) atoms. The van der Waals surface area contributed by atoms with Gasteiger partial charge in [-0.25, -0.2) is 9.48 Å². The fourth-order valence-electron chi connectivity index (χ4n) is 2.34. The van der Waals surface area contributed by atoms with E-state index in [2.05, 4.69) is 10.4 Å². The van der Waals surface area contributed by atoms with Crippen molar-refractivity contribution in [2.45, 2.75) is 32.5 Å². The van der Waals surface area contributed by atoms with E-state index in [9.17, 15) is 27.9 Å². The van der Waals surface area contributed by atoms with Crippen LogP contribution >= 0.6 is 0 Å². The molecule has 0 aliphatic rings. The van der Waals surface area contributed by atoms with Crippen molar-refractivity contribution in [1.82, 2.24) is 15.1 Å². The molecule has 1 heterocycles. The Kier molecular flexibility index (Phi) is 5.69. The number of nitrogens with zero attached hydrogens (tertiary/aromatic N) is 2. The van der Waals surface area contributed by atoms with Crippen LogP contribution in [0.4, 0.5) is 13.2 Å². The molecule has 0 aliphatic heterocycles. The number of amides is 1. The van der Waals surface area contributed by atoms with Crippen LogP contribution in [0, 0.1) is 5.92 Å². The number of carboxylic acid groups (broad SMARTS) is 1. The second kappa shape index (κ2) is 7.59. The summed E-state index contributed by atoms with van der Waals surface area (Å²) in [5.41, 5.74) is -0.666. The van der Waals surface area contributed by atoms with Gasteiger partial charge in [0.15, 0.2) is 5.69 Å². The molecule has 0 saturated carbocycles. The van der Waals surface area contributed by atoms with E-state index in [1.165, 1.54) is 24.3 Å². The van der Waals surface area contributed by atoms with E-state index in [1.807, 2.05) is 13.8 Å². The molecule has 0 aliphatic carbocycles. The Balaban J connectivity index is 2.21. The molecular formula is C17H18F3N3O3. The van der Waals surface area contributed by atoms with Gasteiger partial charge in [-0.3, -0.25) is 4.79 Å². The highest BCUT2D eigenvalue weighted by atomic mass is 19.4. The number of carbonyl (C=O) groups is 2. The standard InChI is InChI=1S/C17H18F3N3O3/c1-10(2)8-13(16(25)26)21-15(24)11-4-3-5-12(9-11)23-7-6-14(22-23)17(18,19)20/h3-7,9-10,13H,8H2,1-2H3,(H,21,24)(H,25,26)/t13-/m1/s1. The lowest BCUT2D eigenvalue weighted by atomic mass is 10.0. The molecule has 6 nitrogen and oxygen atoms in total. The number of benzene rings is 1. The smallest absolute Gasteiger partial charge is 0.435 e. The van der Waals surface area contributed by atoms with Gasteiger partial charge < -0.3 is 10.4 Å². The predicted molar refractivity (Wildman–Crippen MR) is 86.9 cm³/mol. The summed E-state index contributed by atoms with van der Waals surface area (Å²) in [6.45, 7) is 3.66. The summed E-state index contributed by atoms with van der Waals surface area (Å²) in [5, 5.41) is 15.1. The Bertz CT molecular complexity index is 800. The van der Waals surface area contributed by atoms with Crippen molar-refractivity contribution >= 4 is 11.9 Å². The van der Waals surface area contributed by atoms with Crippen molar-refractivity contribution in [3.63, 3.8) is 0 Å². The lowest BCUT2D eigenvalue weighted by molar-refractivity contribution is -0.141. The third kappa shape index (κ3) is 4.84. The summed E-state index contributed by atoms with van der Waals surface area (Å²) in [6, 6.07) is 5.55. The molecule has 1 aromatic carbocycles. The van der Waals surface area contributed by atoms with E-state index < -0.39 is 29.8 Å². The average molecular weight is 369 g/mol. The van der Waals surface area contributed by atoms with Gasteiger partial charge in [0.05, 0.1) is 5.69 Å². The lowest BCUT2D eigenvalue weighted by Gasteiger charge is -2.16. The van der Waals surface area contributed by atoms with Crippen molar-refractivity contribution in [3.05, 3.63) is 47.8 Å². The molecule has 2 aromatic rings. The van der Waals surface area contributed by atoms with Crippen LogP contribution in [0.1, 0.15) is 36.3 Å². The van der Waals surface area contributed by atoms with Crippen LogP contribution in [0.5, 0.6) is 0 Å². The van der Waals surface area contributed by atoms with E-state index in [4.69, 9.17) is 0 Å². The van der Waals surface area contributed by atoms with Gasteiger partial charge in [0, 0.05) is 11.8 Å². The highest BCUT2D eigenvalue weighted by Crippen LogP contribution is 2.27. The minimum Gasteiger partial charge on any atom is -0.480 e. The first-order valence-electron chi connectivity index (χ1n) is 7.85. The molecule has 0 spiro atoms. The Morgan fingerprint density at radius 3 is 2.50 bits per heavy atom. The highest BCUT2D eigenvalue weighted by Gasteiger charge is 2.33. The molecule has 1 atom stereocenters. The number of hydrogen-bond acceptors (Lipinski definition) is 3. The van der Waals surface area contributed by atoms with Crippen molar-refractivity contribution in [3.8, 4) is 5.69 Å². The van der Waals surface area contributed by atoms with Gasteiger partial charge in [-0.15, -0.1) is 0 Å². The van der Waals surface area contributed by atoms with Crippen LogP contribution in [-0.4, -0.2) is 32.8 Å². The minimum atomic E-state index is -4.56. The molecule has 1 aromatic heterocycles. The number of hydrogen-bond donors (Lipinski definition) is 2. The van der Waals surface area contributed by atoms with Gasteiger partial charge in [-0.2, -0.15) is 18.3 Å². The van der Waals surface area contributed by atoms with Crippen LogP contribution in [0.2, 0.25) is 0 Å². The summed E-state index contributed by atoms with van der Waals surface area (Å²) in [7, 11) is 0. The monoisotopic (exact) mass is 369 g/mol. The van der Waals surface area contributed by atoms with Gasteiger partial charge in [0.25, 0.3) is 5.91 Å². The molecule has 0 bridgehead atoms. The zero-order valence-corrected chi connectivity index (χ0v) is 14.1. The summed E-state index contributed by atoms with van der Waals surface area (Å²) >= 11 is 0. The number of carboxylic acids is 1. The van der Waals surface area contributed by atoms with E-state index in [1.54, 1.807) is 0 Å². The fourth-order valence-corrected chi connectivity index (χ4v) is 2.34. The van der Waals surface area contributed by atoms with E-state index in [-0.39, 0.29) is 23.6 Å². The third-order valence-electron chi connectivity index (χ3n) is 3.56. The van der Waals surface area contributed by atoms with Gasteiger partial charge in [-0.1, -0.05) is 19.9 Å². The molecule has 2 N–H and O–H groups in total. The lowest BCUT2D eigenvalue weighted by Crippen LogP contribution is -2.41. The van der Waals surface area contributed by atoms with Crippen LogP contribution in [0.15, 0.2) is 36.5 Å². The second-order valence-corrected chi connectivity index (χ2v) is 6.19. The molecule has 9 heteroatoms. The molecule has 0 unspecified atom stereocenters. The Morgan fingerprint density at radius 2 is 1.96 bits per heavy atom. The van der Waals surface area contributed by atoms with Crippen molar-refractivity contribution < 1.29 is 27.9 Å². The molecule has 0 radical (unpaired) electrons. The Morgan fingerprint density at radius 1 is 1.27 bits per heavy atom. The van der Waals surface area contributed by atoms with Crippen LogP contribution in [0.3, 0.4) is 0 Å². The van der Waals surface area contributed by atoms with Gasteiger partial charge in [0.2, 0.25) is 0 Å². The zero-order chi connectivity index (χ0) is 19.5.